The van der Waals surface area contributed by atoms with Gasteiger partial charge in [0.15, 0.2) is 0 Å². The van der Waals surface area contributed by atoms with Crippen molar-refractivity contribution >= 4 is 18.3 Å². The molecule has 2 fully saturated rings. The van der Waals surface area contributed by atoms with E-state index in [2.05, 4.69) is 10.4 Å². The highest BCUT2D eigenvalue weighted by molar-refractivity contribution is 5.85. The molecule has 0 radical (unpaired) electrons. The molecule has 0 spiro atoms. The van der Waals surface area contributed by atoms with Gasteiger partial charge < -0.3 is 19.7 Å². The first-order valence-corrected chi connectivity index (χ1v) is 9.92. The minimum atomic E-state index is 0. The van der Waals surface area contributed by atoms with Crippen molar-refractivity contribution in [2.24, 2.45) is 5.92 Å². The van der Waals surface area contributed by atoms with Crippen LogP contribution in [0.4, 0.5) is 0 Å². The first-order valence-electron chi connectivity index (χ1n) is 9.92. The molecule has 4 rings (SSSR count). The van der Waals surface area contributed by atoms with E-state index < -0.39 is 0 Å². The first-order chi connectivity index (χ1) is 13.6. The van der Waals surface area contributed by atoms with Crippen molar-refractivity contribution < 1.29 is 14.3 Å². The second-order valence-electron chi connectivity index (χ2n) is 7.67. The average Bonchev–Trinajstić information content (AvgIpc) is 3.21. The summed E-state index contributed by atoms with van der Waals surface area (Å²) in [6.45, 7) is 2.20. The first kappa shape index (κ1) is 21.6. The molecule has 158 valence electrons. The number of nitrogens with one attached hydrogen (secondary N) is 1. The van der Waals surface area contributed by atoms with Gasteiger partial charge in [-0.3, -0.25) is 4.79 Å². The van der Waals surface area contributed by atoms with E-state index in [0.717, 1.165) is 49.4 Å². The zero-order valence-corrected chi connectivity index (χ0v) is 17.7. The molecule has 2 aromatic rings. The number of aromatic nitrogens is 2. The molecule has 1 aliphatic carbocycles. The fourth-order valence-corrected chi connectivity index (χ4v) is 4.24. The van der Waals surface area contributed by atoms with Gasteiger partial charge in [-0.2, -0.15) is 5.10 Å². The van der Waals surface area contributed by atoms with E-state index in [9.17, 15) is 4.79 Å². The predicted octanol–water partition coefficient (Wildman–Crippen LogP) is 2.42. The summed E-state index contributed by atoms with van der Waals surface area (Å²) < 4.78 is 12.9. The maximum Gasteiger partial charge on any atom is 0.225 e. The largest absolute Gasteiger partial charge is 0.497 e. The summed E-state index contributed by atoms with van der Waals surface area (Å²) in [5, 5.41) is 7.94. The van der Waals surface area contributed by atoms with Gasteiger partial charge in [0.05, 0.1) is 31.7 Å². The number of rotatable bonds is 5. The van der Waals surface area contributed by atoms with Crippen LogP contribution >= 0.6 is 12.4 Å². The van der Waals surface area contributed by atoms with Crippen LogP contribution in [0, 0.1) is 5.92 Å². The zero-order valence-electron chi connectivity index (χ0n) is 16.9. The van der Waals surface area contributed by atoms with Gasteiger partial charge in [-0.05, 0) is 31.4 Å². The fourth-order valence-electron chi connectivity index (χ4n) is 4.24. The predicted molar refractivity (Wildman–Crippen MR) is 113 cm³/mol. The highest BCUT2D eigenvalue weighted by atomic mass is 35.5. The number of hydrogen-bond donors (Lipinski definition) is 1. The van der Waals surface area contributed by atoms with Crippen LogP contribution < -0.4 is 10.1 Å². The second kappa shape index (κ2) is 9.61. The maximum absolute atomic E-state index is 13.0. The van der Waals surface area contributed by atoms with E-state index in [1.54, 1.807) is 7.11 Å². The minimum Gasteiger partial charge on any atom is -0.497 e. The number of ether oxygens (including phenoxy) is 2. The van der Waals surface area contributed by atoms with Gasteiger partial charge in [0.2, 0.25) is 5.91 Å². The number of amides is 1. The Bertz CT molecular complexity index is 828. The third-order valence-corrected chi connectivity index (χ3v) is 5.73. The van der Waals surface area contributed by atoms with E-state index >= 15 is 0 Å². The van der Waals surface area contributed by atoms with Gasteiger partial charge >= 0.3 is 0 Å². The van der Waals surface area contributed by atoms with Crippen LogP contribution in [0.15, 0.2) is 36.7 Å². The van der Waals surface area contributed by atoms with Crippen LogP contribution in [-0.4, -0.2) is 60.0 Å². The molecule has 7 nitrogen and oxygen atoms in total. The molecule has 1 N–H and O–H groups in total. The Hall–Kier alpha value is -2.09. The molecule has 0 unspecified atom stereocenters. The number of morpholine rings is 1. The fraction of sp³-hybridized carbons (Fsp3) is 0.524. The number of fused-ring (bicyclic) bond motifs is 1. The van der Waals surface area contributed by atoms with Crippen LogP contribution in [0.2, 0.25) is 0 Å². The van der Waals surface area contributed by atoms with Crippen LogP contribution in [-0.2, 0) is 16.1 Å². The summed E-state index contributed by atoms with van der Waals surface area (Å²) in [7, 11) is 3.53. The summed E-state index contributed by atoms with van der Waals surface area (Å²) in [5.41, 5.74) is 1.94. The summed E-state index contributed by atoms with van der Waals surface area (Å²) >= 11 is 0. The Labute approximate surface area is 177 Å². The van der Waals surface area contributed by atoms with Gasteiger partial charge in [0.1, 0.15) is 5.75 Å². The van der Waals surface area contributed by atoms with Gasteiger partial charge in [-0.25, -0.2) is 4.68 Å². The van der Waals surface area contributed by atoms with Crippen molar-refractivity contribution in [2.75, 3.05) is 27.3 Å². The van der Waals surface area contributed by atoms with Gasteiger partial charge in [0.25, 0.3) is 0 Å². The van der Waals surface area contributed by atoms with Crippen molar-refractivity contribution in [1.82, 2.24) is 20.0 Å². The minimum absolute atomic E-state index is 0. The van der Waals surface area contributed by atoms with Crippen molar-refractivity contribution in [2.45, 2.75) is 38.0 Å². The maximum atomic E-state index is 13.0. The standard InChI is InChI=1S/C21H28N4O3.ClH/c1-24(21(26)16-6-7-20-19(10-16)22-8-9-28-20)13-15-12-23-25(14-15)17-4-3-5-18(11-17)27-2;/h3-5,11-12,14,16,19-20,22H,6-10,13H2,1-2H3;1H/t16-,19+,20+;/m0./s1. The summed E-state index contributed by atoms with van der Waals surface area (Å²) in [5.74, 6) is 1.06. The van der Waals surface area contributed by atoms with E-state index in [-0.39, 0.29) is 30.3 Å². The molecule has 8 heteroatoms. The Morgan fingerprint density at radius 2 is 2.28 bits per heavy atom. The SMILES string of the molecule is COc1cccc(-n2cc(CN(C)C(=O)[C@H]3CC[C@H]4OCCN[C@@H]4C3)cn2)c1.Cl. The molecule has 1 saturated carbocycles. The number of carbonyl (C=O) groups is 1. The van der Waals surface area contributed by atoms with Crippen molar-refractivity contribution in [3.63, 3.8) is 0 Å². The number of hydrogen-bond acceptors (Lipinski definition) is 5. The molecule has 3 atom stereocenters. The molecule has 1 aromatic heterocycles. The summed E-state index contributed by atoms with van der Waals surface area (Å²) in [6, 6.07) is 8.06. The summed E-state index contributed by atoms with van der Waals surface area (Å²) in [6.07, 6.45) is 6.76. The van der Waals surface area contributed by atoms with Crippen molar-refractivity contribution in [3.05, 3.63) is 42.2 Å². The molecule has 2 heterocycles. The molecular formula is C21H29ClN4O3. The Kier molecular flexibility index (Phi) is 7.16. The Morgan fingerprint density at radius 1 is 1.41 bits per heavy atom. The highest BCUT2D eigenvalue weighted by Crippen LogP contribution is 2.29. The van der Waals surface area contributed by atoms with Crippen LogP contribution in [0.5, 0.6) is 5.75 Å². The normalized spacial score (nSPS) is 23.6. The molecule has 1 aromatic carbocycles. The monoisotopic (exact) mass is 420 g/mol. The van der Waals surface area contributed by atoms with Crippen LogP contribution in [0.3, 0.4) is 0 Å². The lowest BCUT2D eigenvalue weighted by Gasteiger charge is -2.40. The second-order valence-corrected chi connectivity index (χ2v) is 7.67. The molecule has 1 saturated heterocycles. The van der Waals surface area contributed by atoms with Crippen LogP contribution in [0.25, 0.3) is 5.69 Å². The molecule has 0 bridgehead atoms. The quantitative estimate of drug-likeness (QED) is 0.804. The number of halogens is 1. The number of benzene rings is 1. The van der Waals surface area contributed by atoms with Gasteiger partial charge in [-0.15, -0.1) is 12.4 Å². The summed E-state index contributed by atoms with van der Waals surface area (Å²) in [4.78, 5) is 14.8. The Morgan fingerprint density at radius 3 is 3.10 bits per heavy atom. The van der Waals surface area contributed by atoms with E-state index in [4.69, 9.17) is 9.47 Å². The van der Waals surface area contributed by atoms with Crippen molar-refractivity contribution in [1.29, 1.82) is 0 Å². The highest BCUT2D eigenvalue weighted by Gasteiger charge is 2.36. The number of methoxy groups -OCH3 is 1. The number of nitrogens with zero attached hydrogens (tertiary/aromatic N) is 3. The third kappa shape index (κ3) is 4.91. The topological polar surface area (TPSA) is 68.6 Å². The van der Waals surface area contributed by atoms with Gasteiger partial charge in [0, 0.05) is 49.9 Å². The van der Waals surface area contributed by atoms with Crippen LogP contribution in [0.1, 0.15) is 24.8 Å². The van der Waals surface area contributed by atoms with E-state index in [0.29, 0.717) is 12.6 Å². The third-order valence-electron chi connectivity index (χ3n) is 5.73. The van der Waals surface area contributed by atoms with E-state index in [1.165, 1.54) is 0 Å². The molecule has 1 aliphatic heterocycles. The van der Waals surface area contributed by atoms with E-state index in [1.807, 2.05) is 53.3 Å². The number of carbonyl (C=O) groups excluding carboxylic acids is 1. The van der Waals surface area contributed by atoms with Gasteiger partial charge in [-0.1, -0.05) is 6.07 Å². The zero-order chi connectivity index (χ0) is 19.5. The van der Waals surface area contributed by atoms with Crippen molar-refractivity contribution in [3.8, 4) is 11.4 Å². The lowest BCUT2D eigenvalue weighted by Crippen LogP contribution is -2.53. The molecule has 29 heavy (non-hydrogen) atoms. The Balaban J connectivity index is 0.00000240. The molecule has 1 amide bonds. The lowest BCUT2D eigenvalue weighted by molar-refractivity contribution is -0.138. The lowest BCUT2D eigenvalue weighted by atomic mass is 9.82. The average molecular weight is 421 g/mol. The molecular weight excluding hydrogens is 392 g/mol. The molecule has 2 aliphatic rings. The smallest absolute Gasteiger partial charge is 0.225 e.